The number of anilines is 4. The van der Waals surface area contributed by atoms with Crippen LogP contribution >= 0.6 is 0 Å². The predicted octanol–water partition coefficient (Wildman–Crippen LogP) is 16.4. The van der Waals surface area contributed by atoms with E-state index in [9.17, 15) is 5.76 Å². The van der Waals surface area contributed by atoms with E-state index in [1.807, 2.05) is 44.3 Å². The molecule has 0 aliphatic carbocycles. The number of fused-ring (bicyclic) bond motifs is 4. The molecule has 1 aliphatic heterocycles. The van der Waals surface area contributed by atoms with Crippen molar-refractivity contribution in [1.29, 1.82) is 0 Å². The van der Waals surface area contributed by atoms with E-state index in [-0.39, 0.29) is 17.7 Å². The van der Waals surface area contributed by atoms with Crippen LogP contribution in [0, 0.1) is 12.7 Å². The summed E-state index contributed by atoms with van der Waals surface area (Å²) >= 11 is 0. The fourth-order valence-corrected chi connectivity index (χ4v) is 9.50. The van der Waals surface area contributed by atoms with Gasteiger partial charge >= 0.3 is 0 Å². The van der Waals surface area contributed by atoms with Crippen molar-refractivity contribution >= 4 is 44.6 Å². The molecule has 64 heavy (non-hydrogen) atoms. The first-order valence-electron chi connectivity index (χ1n) is 22.8. The van der Waals surface area contributed by atoms with Crippen LogP contribution in [0.4, 0.5) is 27.1 Å². The molecule has 318 valence electrons. The number of hydrogen-bond donors (Lipinski definition) is 0. The first kappa shape index (κ1) is 39.7. The van der Waals surface area contributed by atoms with Crippen LogP contribution in [-0.4, -0.2) is 16.2 Å². The predicted molar refractivity (Wildman–Crippen MR) is 265 cm³/mol. The normalized spacial score (nSPS) is 13.1. The lowest BCUT2D eigenvalue weighted by Gasteiger charge is -2.30. The SMILES string of the molecule is [2H]C(C)(C)c1ccccc1-c1cc(Oc2ccc3c4ccccc4n(-c4cc(C)ccn4)c3c2)cc(N2CN(c3c(C(C)C)cc(-c4cccc(F)c4)cc3C(C)C)c3ccccc32)c1. The first-order valence-corrected chi connectivity index (χ1v) is 22.3. The summed E-state index contributed by atoms with van der Waals surface area (Å²) in [6, 6.07) is 53.7. The van der Waals surface area contributed by atoms with E-state index in [1.54, 1.807) is 12.1 Å². The summed E-state index contributed by atoms with van der Waals surface area (Å²) in [5.74, 6) is 1.56. The van der Waals surface area contributed by atoms with Crippen LogP contribution in [0.15, 0.2) is 164 Å². The molecule has 0 spiro atoms. The molecular weight excluding hydrogens is 788 g/mol. The molecule has 0 fully saturated rings. The van der Waals surface area contributed by atoms with Gasteiger partial charge in [-0.25, -0.2) is 9.37 Å². The number of pyridine rings is 1. The molecule has 0 bridgehead atoms. The van der Waals surface area contributed by atoms with Crippen molar-refractivity contribution in [2.75, 3.05) is 16.5 Å². The van der Waals surface area contributed by atoms with Crippen molar-refractivity contribution < 1.29 is 10.5 Å². The minimum absolute atomic E-state index is 0.197. The molecule has 0 unspecified atom stereocenters. The van der Waals surface area contributed by atoms with Gasteiger partial charge in [0.05, 0.1) is 22.4 Å². The van der Waals surface area contributed by atoms with Crippen LogP contribution in [0.25, 0.3) is 49.9 Å². The number of rotatable bonds is 10. The Morgan fingerprint density at radius 3 is 2.02 bits per heavy atom. The van der Waals surface area contributed by atoms with Gasteiger partial charge in [0.1, 0.15) is 29.8 Å². The maximum absolute atomic E-state index is 14.6. The summed E-state index contributed by atoms with van der Waals surface area (Å²) < 4.78 is 33.0. The van der Waals surface area contributed by atoms with Gasteiger partial charge in [-0.2, -0.15) is 0 Å². The van der Waals surface area contributed by atoms with Gasteiger partial charge in [0.2, 0.25) is 0 Å². The molecule has 3 heterocycles. The van der Waals surface area contributed by atoms with Gasteiger partial charge in [0, 0.05) is 41.8 Å². The number of hydrogen-bond acceptors (Lipinski definition) is 4. The Morgan fingerprint density at radius 2 is 1.28 bits per heavy atom. The van der Waals surface area contributed by atoms with E-state index in [0.717, 1.165) is 78.1 Å². The topological polar surface area (TPSA) is 33.5 Å². The fraction of sp³-hybridized carbons (Fsp3) is 0.190. The lowest BCUT2D eigenvalue weighted by Crippen LogP contribution is -2.26. The van der Waals surface area contributed by atoms with Crippen LogP contribution in [0.5, 0.6) is 11.5 Å². The van der Waals surface area contributed by atoms with Crippen molar-refractivity contribution in [3.05, 3.63) is 192 Å². The van der Waals surface area contributed by atoms with Crippen molar-refractivity contribution in [2.45, 2.75) is 66.2 Å². The highest BCUT2D eigenvalue weighted by molar-refractivity contribution is 6.09. The van der Waals surface area contributed by atoms with Crippen LogP contribution in [0.3, 0.4) is 0 Å². The summed E-state index contributed by atoms with van der Waals surface area (Å²) in [5, 5.41) is 2.27. The second kappa shape index (κ2) is 16.5. The second-order valence-corrected chi connectivity index (χ2v) is 17.9. The van der Waals surface area contributed by atoms with Crippen LogP contribution < -0.4 is 14.5 Å². The summed E-state index contributed by atoms with van der Waals surface area (Å²) in [7, 11) is 0. The van der Waals surface area contributed by atoms with E-state index in [1.165, 1.54) is 22.9 Å². The van der Waals surface area contributed by atoms with Gasteiger partial charge < -0.3 is 14.5 Å². The Balaban J connectivity index is 1.13. The van der Waals surface area contributed by atoms with Gasteiger partial charge in [-0.05, 0) is 148 Å². The Kier molecular flexibility index (Phi) is 10.2. The van der Waals surface area contributed by atoms with Gasteiger partial charge in [-0.3, -0.25) is 4.57 Å². The molecule has 7 aromatic carbocycles. The fourth-order valence-electron chi connectivity index (χ4n) is 9.50. The molecule has 0 amide bonds. The van der Waals surface area contributed by atoms with Crippen LogP contribution in [0.1, 0.15) is 82.9 Å². The quantitative estimate of drug-likeness (QED) is 0.137. The maximum atomic E-state index is 14.6. The Hall–Kier alpha value is -7.18. The first-order chi connectivity index (χ1) is 31.3. The third-order valence-corrected chi connectivity index (χ3v) is 12.6. The number of halogens is 1. The molecule has 2 aromatic heterocycles. The van der Waals surface area contributed by atoms with Crippen molar-refractivity contribution in [1.82, 2.24) is 9.55 Å². The molecule has 1 aliphatic rings. The number of para-hydroxylation sites is 3. The van der Waals surface area contributed by atoms with Gasteiger partial charge in [-0.15, -0.1) is 0 Å². The third-order valence-electron chi connectivity index (χ3n) is 12.6. The number of ether oxygens (including phenoxy) is 1. The zero-order valence-corrected chi connectivity index (χ0v) is 37.5. The molecule has 5 nitrogen and oxygen atoms in total. The molecule has 0 saturated heterocycles. The Labute approximate surface area is 377 Å². The number of benzene rings is 7. The standard InChI is InChI=1S/C58H53FN4O/c1-36(2)47-17-8-9-18-48(47)42-29-44(33-46(30-42)64-45-23-24-50-49-19-10-11-20-53(49)63(56(50)34-45)57-27-39(7)25-26-60-57)61-35-62(55-22-13-12-21-54(55)61)58-51(37(3)4)31-41(32-52(58)38(5)6)40-15-14-16-43(59)28-40/h8-34,36-38H,35H2,1-7H3/i36D. The van der Waals surface area contributed by atoms with E-state index in [4.69, 9.17) is 9.72 Å². The summed E-state index contributed by atoms with van der Waals surface area (Å²) in [5.41, 5.74) is 14.8. The average molecular weight is 842 g/mol. The molecule has 9 aromatic rings. The smallest absolute Gasteiger partial charge is 0.137 e. The minimum atomic E-state index is -0.842. The summed E-state index contributed by atoms with van der Waals surface area (Å²) in [6.45, 7) is 15.5. The van der Waals surface area contributed by atoms with Crippen molar-refractivity contribution in [3.8, 4) is 39.6 Å². The van der Waals surface area contributed by atoms with E-state index in [0.29, 0.717) is 18.2 Å². The molecule has 10 rings (SSSR count). The highest BCUT2D eigenvalue weighted by Crippen LogP contribution is 2.50. The molecule has 0 radical (unpaired) electrons. The number of aromatic nitrogens is 2. The maximum Gasteiger partial charge on any atom is 0.137 e. The highest BCUT2D eigenvalue weighted by Gasteiger charge is 2.33. The summed E-state index contributed by atoms with van der Waals surface area (Å²) in [6.07, 6.45) is 1.86. The number of aryl methyl sites for hydroxylation is 1. The minimum Gasteiger partial charge on any atom is -0.457 e. The van der Waals surface area contributed by atoms with Gasteiger partial charge in [-0.1, -0.05) is 108 Å². The molecule has 0 atom stereocenters. The van der Waals surface area contributed by atoms with E-state index in [2.05, 4.69) is 164 Å². The van der Waals surface area contributed by atoms with Gasteiger partial charge in [0.25, 0.3) is 0 Å². The third kappa shape index (κ3) is 7.37. The van der Waals surface area contributed by atoms with Crippen LogP contribution in [0.2, 0.25) is 0 Å². The monoisotopic (exact) mass is 841 g/mol. The van der Waals surface area contributed by atoms with Crippen molar-refractivity contribution in [2.24, 2.45) is 0 Å². The summed E-state index contributed by atoms with van der Waals surface area (Å²) in [4.78, 5) is 9.63. The van der Waals surface area contributed by atoms with Gasteiger partial charge in [0.15, 0.2) is 0 Å². The largest absolute Gasteiger partial charge is 0.457 e. The molecule has 0 saturated carbocycles. The lowest BCUT2D eigenvalue weighted by molar-refractivity contribution is 0.483. The molecular formula is C58H53FN4O. The molecule has 6 heteroatoms. The van der Waals surface area contributed by atoms with E-state index < -0.39 is 5.89 Å². The van der Waals surface area contributed by atoms with Crippen LogP contribution in [-0.2, 0) is 0 Å². The van der Waals surface area contributed by atoms with E-state index >= 15 is 0 Å². The lowest BCUT2D eigenvalue weighted by atomic mass is 9.87. The second-order valence-electron chi connectivity index (χ2n) is 17.9. The number of nitrogens with zero attached hydrogens (tertiary/aromatic N) is 4. The average Bonchev–Trinajstić information content (AvgIpc) is 3.84. The Bertz CT molecular complexity index is 3240. The van der Waals surface area contributed by atoms with Crippen molar-refractivity contribution in [3.63, 3.8) is 0 Å². The molecule has 0 N–H and O–H groups in total. The Morgan fingerprint density at radius 1 is 0.578 bits per heavy atom. The zero-order chi connectivity index (χ0) is 45.1. The zero-order valence-electron chi connectivity index (χ0n) is 38.5. The highest BCUT2D eigenvalue weighted by atomic mass is 19.1.